The van der Waals surface area contributed by atoms with Gasteiger partial charge >= 0.3 is 7.12 Å². The monoisotopic (exact) mass is 342 g/mol. The van der Waals surface area contributed by atoms with E-state index in [1.165, 1.54) is 0 Å². The maximum absolute atomic E-state index is 6.07. The van der Waals surface area contributed by atoms with Crippen LogP contribution < -0.4 is 10.2 Å². The van der Waals surface area contributed by atoms with Crippen molar-refractivity contribution in [1.82, 2.24) is 9.55 Å². The summed E-state index contributed by atoms with van der Waals surface area (Å²) >= 11 is 0. The molecule has 1 aromatic heterocycles. The molecule has 0 bridgehead atoms. The second kappa shape index (κ2) is 7.22. The maximum Gasteiger partial charge on any atom is 0.494 e. The van der Waals surface area contributed by atoms with Gasteiger partial charge in [0.2, 0.25) is 0 Å². The molecule has 0 radical (unpaired) electrons. The number of hydrogen-bond acceptors (Lipinski definition) is 4. The minimum atomic E-state index is -0.325. The molecule has 0 spiro atoms. The minimum absolute atomic E-state index is 0.317. The van der Waals surface area contributed by atoms with Gasteiger partial charge in [-0.15, -0.1) is 0 Å². The number of ether oxygens (including phenoxy) is 1. The zero-order valence-corrected chi connectivity index (χ0v) is 15.6. The predicted molar refractivity (Wildman–Crippen MR) is 99.1 cm³/mol. The normalized spacial score (nSPS) is 18.5. The summed E-state index contributed by atoms with van der Waals surface area (Å²) in [7, 11) is -0.325. The van der Waals surface area contributed by atoms with Crippen molar-refractivity contribution in [2.24, 2.45) is 0 Å². The van der Waals surface area contributed by atoms with E-state index in [1.54, 1.807) is 6.20 Å². The van der Waals surface area contributed by atoms with Gasteiger partial charge < -0.3 is 18.6 Å². The number of unbranched alkanes of at least 4 members (excludes halogenated alkanes) is 1. The first-order valence-corrected chi connectivity index (χ1v) is 8.91. The molecule has 5 nitrogen and oxygen atoms in total. The number of benzene rings is 1. The first-order chi connectivity index (χ1) is 11.9. The lowest BCUT2D eigenvalue weighted by Crippen LogP contribution is -2.41. The van der Waals surface area contributed by atoms with Crippen molar-refractivity contribution >= 4 is 12.6 Å². The number of nitrogens with zero attached hydrogens (tertiary/aromatic N) is 2. The summed E-state index contributed by atoms with van der Waals surface area (Å²) < 4.78 is 20.0. The third kappa shape index (κ3) is 4.25. The summed E-state index contributed by atoms with van der Waals surface area (Å²) in [5, 5.41) is 0. The summed E-state index contributed by atoms with van der Waals surface area (Å²) in [5.74, 6) is 0.878. The standard InChI is InChI=1S/C19H27BN2O3/c1-18(2)19(3,4)25-20(24-18)16-7-9-17(10-8-16)23-14-6-5-12-22-13-11-21-15-22/h7-11,13,15H,5-6,12,14H2,1-4H3. The Morgan fingerprint density at radius 1 is 1.04 bits per heavy atom. The van der Waals surface area contributed by atoms with E-state index in [9.17, 15) is 0 Å². The van der Waals surface area contributed by atoms with Crippen LogP contribution in [0.5, 0.6) is 5.75 Å². The average molecular weight is 342 g/mol. The molecule has 0 unspecified atom stereocenters. The highest BCUT2D eigenvalue weighted by Gasteiger charge is 2.51. The molecule has 2 aromatic rings. The van der Waals surface area contributed by atoms with Gasteiger partial charge in [0.15, 0.2) is 0 Å². The van der Waals surface area contributed by atoms with Crippen LogP contribution >= 0.6 is 0 Å². The zero-order valence-electron chi connectivity index (χ0n) is 15.6. The zero-order chi connectivity index (χ0) is 17.9. The van der Waals surface area contributed by atoms with Gasteiger partial charge in [0.25, 0.3) is 0 Å². The molecule has 2 heterocycles. The molecule has 1 aliphatic rings. The smallest absolute Gasteiger partial charge is 0.494 e. The first kappa shape index (κ1) is 18.0. The van der Waals surface area contributed by atoms with E-state index in [0.717, 1.165) is 30.6 Å². The van der Waals surface area contributed by atoms with Gasteiger partial charge in [0.05, 0.1) is 24.1 Å². The molecule has 1 aromatic carbocycles. The topological polar surface area (TPSA) is 45.5 Å². The third-order valence-corrected chi connectivity index (χ3v) is 5.04. The van der Waals surface area contributed by atoms with Crippen LogP contribution in [0, 0.1) is 0 Å². The molecular weight excluding hydrogens is 315 g/mol. The summed E-state index contributed by atoms with van der Waals surface area (Å²) in [6, 6.07) is 8.00. The molecule has 25 heavy (non-hydrogen) atoms. The van der Waals surface area contributed by atoms with Crippen molar-refractivity contribution in [3.63, 3.8) is 0 Å². The Bertz CT molecular complexity index is 652. The number of aromatic nitrogens is 2. The Hall–Kier alpha value is -1.79. The van der Waals surface area contributed by atoms with Gasteiger partial charge in [-0.1, -0.05) is 12.1 Å². The van der Waals surface area contributed by atoms with Gasteiger partial charge in [-0.3, -0.25) is 0 Å². The van der Waals surface area contributed by atoms with Crippen molar-refractivity contribution in [3.05, 3.63) is 43.0 Å². The lowest BCUT2D eigenvalue weighted by molar-refractivity contribution is 0.00578. The van der Waals surface area contributed by atoms with Gasteiger partial charge in [-0.25, -0.2) is 4.98 Å². The lowest BCUT2D eigenvalue weighted by atomic mass is 9.79. The second-order valence-electron chi connectivity index (χ2n) is 7.51. The van der Waals surface area contributed by atoms with Gasteiger partial charge in [-0.2, -0.15) is 0 Å². The van der Waals surface area contributed by atoms with Crippen molar-refractivity contribution in [1.29, 1.82) is 0 Å². The van der Waals surface area contributed by atoms with Crippen molar-refractivity contribution in [2.45, 2.75) is 58.3 Å². The highest BCUT2D eigenvalue weighted by molar-refractivity contribution is 6.62. The lowest BCUT2D eigenvalue weighted by Gasteiger charge is -2.32. The predicted octanol–water partition coefficient (Wildman–Crippen LogP) is 3.04. The van der Waals surface area contributed by atoms with Crippen LogP contribution in [0.25, 0.3) is 0 Å². The molecule has 0 amide bonds. The van der Waals surface area contributed by atoms with Crippen LogP contribution in [0.15, 0.2) is 43.0 Å². The minimum Gasteiger partial charge on any atom is -0.494 e. The highest BCUT2D eigenvalue weighted by Crippen LogP contribution is 2.36. The average Bonchev–Trinajstić information content (AvgIpc) is 3.14. The fourth-order valence-electron chi connectivity index (χ4n) is 2.71. The van der Waals surface area contributed by atoms with Crippen LogP contribution in [0.1, 0.15) is 40.5 Å². The highest BCUT2D eigenvalue weighted by atomic mass is 16.7. The van der Waals surface area contributed by atoms with E-state index in [2.05, 4.69) is 37.2 Å². The molecule has 0 atom stereocenters. The van der Waals surface area contributed by atoms with Crippen LogP contribution in [-0.2, 0) is 15.9 Å². The Morgan fingerprint density at radius 2 is 1.72 bits per heavy atom. The first-order valence-electron chi connectivity index (χ1n) is 8.91. The SMILES string of the molecule is CC1(C)OB(c2ccc(OCCCCn3ccnc3)cc2)OC1(C)C. The van der Waals surface area contributed by atoms with Crippen LogP contribution in [0.2, 0.25) is 0 Å². The van der Waals surface area contributed by atoms with Gasteiger partial charge in [-0.05, 0) is 58.1 Å². The Morgan fingerprint density at radius 3 is 2.32 bits per heavy atom. The molecule has 0 saturated carbocycles. The Balaban J connectivity index is 1.45. The summed E-state index contributed by atoms with van der Waals surface area (Å²) in [4.78, 5) is 4.04. The quantitative estimate of drug-likeness (QED) is 0.573. The molecule has 0 aliphatic carbocycles. The Labute approximate surface area is 150 Å². The van der Waals surface area contributed by atoms with E-state index < -0.39 is 0 Å². The van der Waals surface area contributed by atoms with E-state index >= 15 is 0 Å². The molecule has 6 heteroatoms. The van der Waals surface area contributed by atoms with E-state index in [4.69, 9.17) is 14.0 Å². The van der Waals surface area contributed by atoms with E-state index in [0.29, 0.717) is 6.61 Å². The number of aryl methyl sites for hydroxylation is 1. The van der Waals surface area contributed by atoms with E-state index in [-0.39, 0.29) is 18.3 Å². The summed E-state index contributed by atoms with van der Waals surface area (Å²) in [6.45, 7) is 9.94. The molecule has 134 valence electrons. The van der Waals surface area contributed by atoms with Crippen molar-refractivity contribution in [3.8, 4) is 5.75 Å². The molecule has 0 N–H and O–H groups in total. The number of imidazole rings is 1. The summed E-state index contributed by atoms with van der Waals surface area (Å²) in [6.07, 6.45) is 7.71. The number of rotatable bonds is 7. The largest absolute Gasteiger partial charge is 0.494 e. The van der Waals surface area contributed by atoms with Crippen LogP contribution in [-0.4, -0.2) is 34.5 Å². The van der Waals surface area contributed by atoms with Gasteiger partial charge in [0, 0.05) is 18.9 Å². The van der Waals surface area contributed by atoms with Crippen molar-refractivity contribution < 1.29 is 14.0 Å². The molecule has 1 fully saturated rings. The molecule has 3 rings (SSSR count). The van der Waals surface area contributed by atoms with Crippen LogP contribution in [0.4, 0.5) is 0 Å². The molecule has 1 aliphatic heterocycles. The fourth-order valence-corrected chi connectivity index (χ4v) is 2.71. The molecular formula is C19H27BN2O3. The van der Waals surface area contributed by atoms with E-state index in [1.807, 2.05) is 36.8 Å². The summed E-state index contributed by atoms with van der Waals surface area (Å²) in [5.41, 5.74) is 0.385. The Kier molecular flexibility index (Phi) is 5.20. The number of hydrogen-bond donors (Lipinski definition) is 0. The maximum atomic E-state index is 6.07. The third-order valence-electron chi connectivity index (χ3n) is 5.04. The fraction of sp³-hybridized carbons (Fsp3) is 0.526. The van der Waals surface area contributed by atoms with Crippen molar-refractivity contribution in [2.75, 3.05) is 6.61 Å². The van der Waals surface area contributed by atoms with Gasteiger partial charge in [0.1, 0.15) is 5.75 Å². The second-order valence-corrected chi connectivity index (χ2v) is 7.51. The molecule has 1 saturated heterocycles. The van der Waals surface area contributed by atoms with Crippen LogP contribution in [0.3, 0.4) is 0 Å².